The van der Waals surface area contributed by atoms with E-state index in [1.165, 1.54) is 0 Å². The lowest BCUT2D eigenvalue weighted by atomic mass is 10.3. The molecule has 2 aliphatic heterocycles. The number of hydrogen-bond donors (Lipinski definition) is 2. The van der Waals surface area contributed by atoms with E-state index in [2.05, 4.69) is 10.2 Å². The van der Waals surface area contributed by atoms with E-state index in [9.17, 15) is 9.32 Å². The zero-order chi connectivity index (χ0) is 13.0. The van der Waals surface area contributed by atoms with Crippen LogP contribution >= 0.6 is 0 Å². The summed E-state index contributed by atoms with van der Waals surface area (Å²) in [7, 11) is -0.977. The van der Waals surface area contributed by atoms with Crippen LogP contribution in [0.15, 0.2) is 0 Å². The summed E-state index contributed by atoms with van der Waals surface area (Å²) in [6.07, 6.45) is 0.433. The van der Waals surface area contributed by atoms with Crippen LogP contribution in [0.4, 0.5) is 0 Å². The number of piperazine rings is 1. The molecular formula is C12H24N2O3S. The monoisotopic (exact) mass is 276 g/mol. The molecule has 2 saturated heterocycles. The molecule has 0 radical (unpaired) electrons. The first kappa shape index (κ1) is 14.4. The summed E-state index contributed by atoms with van der Waals surface area (Å²) in [6, 6.07) is 0. The molecule has 0 spiro atoms. The van der Waals surface area contributed by atoms with Gasteiger partial charge in [-0.2, -0.15) is 0 Å². The standard InChI is InChI=1S/C12H24N2O3S/c1-10-12(2-7-17-10)18(16)9-11(15)8-14-5-3-13-4-6-14/h10-13,15H,2-9H2,1H3. The second-order valence-electron chi connectivity index (χ2n) is 5.15. The molecule has 0 aromatic heterocycles. The fourth-order valence-electron chi connectivity index (χ4n) is 2.61. The van der Waals surface area contributed by atoms with Crippen LogP contribution < -0.4 is 5.32 Å². The number of aliphatic hydroxyl groups is 1. The van der Waals surface area contributed by atoms with E-state index >= 15 is 0 Å². The highest BCUT2D eigenvalue weighted by Gasteiger charge is 2.30. The second kappa shape index (κ2) is 6.96. The summed E-state index contributed by atoms with van der Waals surface area (Å²) in [6.45, 7) is 7.19. The van der Waals surface area contributed by atoms with Gasteiger partial charge in [0.2, 0.25) is 0 Å². The van der Waals surface area contributed by atoms with Crippen molar-refractivity contribution in [1.82, 2.24) is 10.2 Å². The van der Waals surface area contributed by atoms with Crippen molar-refractivity contribution < 1.29 is 14.1 Å². The lowest BCUT2D eigenvalue weighted by Crippen LogP contribution is -2.47. The smallest absolute Gasteiger partial charge is 0.0782 e. The minimum absolute atomic E-state index is 0.0669. The third-order valence-electron chi connectivity index (χ3n) is 3.68. The van der Waals surface area contributed by atoms with E-state index in [-0.39, 0.29) is 11.4 Å². The number of ether oxygens (including phenoxy) is 1. The molecule has 5 nitrogen and oxygen atoms in total. The average Bonchev–Trinajstić information content (AvgIpc) is 2.76. The van der Waals surface area contributed by atoms with Gasteiger partial charge in [0.15, 0.2) is 0 Å². The largest absolute Gasteiger partial charge is 0.391 e. The molecule has 0 saturated carbocycles. The van der Waals surface area contributed by atoms with Crippen molar-refractivity contribution in [2.24, 2.45) is 0 Å². The Morgan fingerprint density at radius 3 is 2.83 bits per heavy atom. The van der Waals surface area contributed by atoms with Crippen molar-refractivity contribution >= 4 is 10.8 Å². The maximum Gasteiger partial charge on any atom is 0.0782 e. The Morgan fingerprint density at radius 1 is 1.50 bits per heavy atom. The molecule has 0 aliphatic carbocycles. The van der Waals surface area contributed by atoms with Gasteiger partial charge in [-0.1, -0.05) is 0 Å². The van der Waals surface area contributed by atoms with Crippen LogP contribution in [-0.2, 0) is 15.5 Å². The number of rotatable bonds is 5. The summed E-state index contributed by atoms with van der Waals surface area (Å²) in [5.74, 6) is 0.377. The topological polar surface area (TPSA) is 61.8 Å². The molecule has 0 aromatic rings. The van der Waals surface area contributed by atoms with Crippen LogP contribution in [-0.4, -0.2) is 76.8 Å². The second-order valence-corrected chi connectivity index (χ2v) is 6.86. The normalized spacial score (nSPS) is 33.4. The Labute approximate surface area is 111 Å². The van der Waals surface area contributed by atoms with Crippen LogP contribution in [0.5, 0.6) is 0 Å². The molecule has 4 unspecified atom stereocenters. The Balaban J connectivity index is 1.72. The summed E-state index contributed by atoms with van der Waals surface area (Å²) < 4.78 is 17.6. The van der Waals surface area contributed by atoms with Crippen molar-refractivity contribution in [3.05, 3.63) is 0 Å². The van der Waals surface area contributed by atoms with Gasteiger partial charge in [-0.05, 0) is 13.3 Å². The number of aliphatic hydroxyl groups excluding tert-OH is 1. The van der Waals surface area contributed by atoms with Gasteiger partial charge in [0, 0.05) is 50.1 Å². The Morgan fingerprint density at radius 2 is 2.22 bits per heavy atom. The number of nitrogens with one attached hydrogen (secondary N) is 1. The van der Waals surface area contributed by atoms with Gasteiger partial charge in [0.1, 0.15) is 0 Å². The van der Waals surface area contributed by atoms with E-state index < -0.39 is 16.9 Å². The summed E-state index contributed by atoms with van der Waals surface area (Å²) in [4.78, 5) is 2.23. The predicted octanol–water partition coefficient (Wildman–Crippen LogP) is -0.821. The molecule has 0 amide bonds. The predicted molar refractivity (Wildman–Crippen MR) is 72.1 cm³/mol. The van der Waals surface area contributed by atoms with Crippen LogP contribution in [0.3, 0.4) is 0 Å². The third kappa shape index (κ3) is 3.99. The van der Waals surface area contributed by atoms with Crippen LogP contribution in [0.2, 0.25) is 0 Å². The highest BCUT2D eigenvalue weighted by Crippen LogP contribution is 2.19. The highest BCUT2D eigenvalue weighted by atomic mass is 32.2. The molecule has 4 atom stereocenters. The third-order valence-corrected chi connectivity index (χ3v) is 5.69. The SMILES string of the molecule is CC1OCCC1S(=O)CC(O)CN1CCNCC1. The lowest BCUT2D eigenvalue weighted by molar-refractivity contribution is 0.119. The molecule has 2 heterocycles. The number of β-amino-alcohol motifs (C(OH)–C–C–N with tert-alkyl or cyclic N) is 1. The molecule has 0 aromatic carbocycles. The lowest BCUT2D eigenvalue weighted by Gasteiger charge is -2.29. The highest BCUT2D eigenvalue weighted by molar-refractivity contribution is 7.85. The summed E-state index contributed by atoms with van der Waals surface area (Å²) in [5.41, 5.74) is 0. The fraction of sp³-hybridized carbons (Fsp3) is 1.00. The fourth-order valence-corrected chi connectivity index (χ4v) is 4.21. The Bertz CT molecular complexity index is 284. The first-order valence-corrected chi connectivity index (χ1v) is 8.15. The van der Waals surface area contributed by atoms with Gasteiger partial charge in [0.25, 0.3) is 0 Å². The van der Waals surface area contributed by atoms with Crippen molar-refractivity contribution in [3.8, 4) is 0 Å². The van der Waals surface area contributed by atoms with E-state index in [0.717, 1.165) is 32.6 Å². The molecule has 6 heteroatoms. The summed E-state index contributed by atoms with van der Waals surface area (Å²) in [5, 5.41) is 13.4. The van der Waals surface area contributed by atoms with Crippen molar-refractivity contribution in [2.45, 2.75) is 30.8 Å². The van der Waals surface area contributed by atoms with E-state index in [1.54, 1.807) is 0 Å². The van der Waals surface area contributed by atoms with Crippen molar-refractivity contribution in [1.29, 1.82) is 0 Å². The minimum atomic E-state index is -0.977. The average molecular weight is 276 g/mol. The van der Waals surface area contributed by atoms with Crippen molar-refractivity contribution in [3.63, 3.8) is 0 Å². The molecule has 106 valence electrons. The van der Waals surface area contributed by atoms with Gasteiger partial charge in [0.05, 0.1) is 23.2 Å². The van der Waals surface area contributed by atoms with E-state index in [0.29, 0.717) is 18.9 Å². The van der Waals surface area contributed by atoms with E-state index in [4.69, 9.17) is 4.74 Å². The van der Waals surface area contributed by atoms with Crippen LogP contribution in [0.1, 0.15) is 13.3 Å². The summed E-state index contributed by atoms with van der Waals surface area (Å²) >= 11 is 0. The van der Waals surface area contributed by atoms with Crippen molar-refractivity contribution in [2.75, 3.05) is 45.1 Å². The molecule has 2 aliphatic rings. The first-order valence-electron chi connectivity index (χ1n) is 6.76. The zero-order valence-corrected chi connectivity index (χ0v) is 11.8. The minimum Gasteiger partial charge on any atom is -0.391 e. The van der Waals surface area contributed by atoms with Gasteiger partial charge in [-0.3, -0.25) is 9.11 Å². The van der Waals surface area contributed by atoms with Crippen LogP contribution in [0.25, 0.3) is 0 Å². The molecule has 2 rings (SSSR count). The van der Waals surface area contributed by atoms with Gasteiger partial charge in [-0.25, -0.2) is 0 Å². The zero-order valence-electron chi connectivity index (χ0n) is 11.0. The van der Waals surface area contributed by atoms with Gasteiger partial charge < -0.3 is 15.2 Å². The number of hydrogen-bond acceptors (Lipinski definition) is 5. The van der Waals surface area contributed by atoms with Crippen LogP contribution in [0, 0.1) is 0 Å². The Hall–Kier alpha value is -0.0100. The Kier molecular flexibility index (Phi) is 5.56. The molecule has 2 fully saturated rings. The molecule has 0 bridgehead atoms. The molecular weight excluding hydrogens is 252 g/mol. The number of nitrogens with zero attached hydrogens (tertiary/aromatic N) is 1. The van der Waals surface area contributed by atoms with Gasteiger partial charge in [-0.15, -0.1) is 0 Å². The first-order chi connectivity index (χ1) is 8.66. The van der Waals surface area contributed by atoms with E-state index in [1.807, 2.05) is 6.92 Å². The maximum atomic E-state index is 12.1. The molecule has 18 heavy (non-hydrogen) atoms. The maximum absolute atomic E-state index is 12.1. The van der Waals surface area contributed by atoms with Gasteiger partial charge >= 0.3 is 0 Å². The quantitative estimate of drug-likeness (QED) is 0.687. The molecule has 2 N–H and O–H groups in total.